The summed E-state index contributed by atoms with van der Waals surface area (Å²) in [6.45, 7) is 0. The minimum Gasteiger partial charge on any atom is -0.368 e. The van der Waals surface area contributed by atoms with Crippen molar-refractivity contribution < 1.29 is 9.59 Å². The summed E-state index contributed by atoms with van der Waals surface area (Å²) in [5, 5.41) is 2.92. The SMILES string of the molecule is NC(=O)[C@H](Cc1ccccc1)NC(=O)[C@@H]1C[C@@]12CCCc1ccccc12. The van der Waals surface area contributed by atoms with E-state index in [0.717, 1.165) is 31.2 Å². The average molecular weight is 348 g/mol. The van der Waals surface area contributed by atoms with Crippen LogP contribution in [-0.2, 0) is 27.8 Å². The number of amides is 2. The quantitative estimate of drug-likeness (QED) is 0.871. The number of aryl methyl sites for hydroxylation is 1. The van der Waals surface area contributed by atoms with Crippen LogP contribution in [0.2, 0.25) is 0 Å². The van der Waals surface area contributed by atoms with Crippen LogP contribution in [-0.4, -0.2) is 17.9 Å². The molecule has 0 heterocycles. The summed E-state index contributed by atoms with van der Waals surface area (Å²) >= 11 is 0. The predicted molar refractivity (Wildman–Crippen MR) is 100 cm³/mol. The lowest BCUT2D eigenvalue weighted by atomic mass is 9.78. The van der Waals surface area contributed by atoms with Gasteiger partial charge in [0.15, 0.2) is 0 Å². The second-order valence-electron chi connectivity index (χ2n) is 7.58. The summed E-state index contributed by atoms with van der Waals surface area (Å²) in [5.41, 5.74) is 9.19. The van der Waals surface area contributed by atoms with Gasteiger partial charge in [0, 0.05) is 17.8 Å². The van der Waals surface area contributed by atoms with E-state index in [4.69, 9.17) is 5.73 Å². The number of carbonyl (C=O) groups excluding carboxylic acids is 2. The van der Waals surface area contributed by atoms with Crippen molar-refractivity contribution in [2.24, 2.45) is 11.7 Å². The van der Waals surface area contributed by atoms with Crippen LogP contribution in [0, 0.1) is 5.92 Å². The number of primary amides is 1. The maximum Gasteiger partial charge on any atom is 0.240 e. The molecule has 2 aliphatic rings. The summed E-state index contributed by atoms with van der Waals surface area (Å²) < 4.78 is 0. The zero-order valence-electron chi connectivity index (χ0n) is 14.8. The normalized spacial score (nSPS) is 24.5. The molecule has 3 atom stereocenters. The zero-order chi connectivity index (χ0) is 18.1. The molecule has 4 rings (SSSR count). The van der Waals surface area contributed by atoms with Gasteiger partial charge in [-0.1, -0.05) is 54.6 Å². The van der Waals surface area contributed by atoms with E-state index >= 15 is 0 Å². The molecular weight excluding hydrogens is 324 g/mol. The van der Waals surface area contributed by atoms with Gasteiger partial charge in [-0.25, -0.2) is 0 Å². The first-order valence-corrected chi connectivity index (χ1v) is 9.32. The van der Waals surface area contributed by atoms with Crippen molar-refractivity contribution in [3.63, 3.8) is 0 Å². The van der Waals surface area contributed by atoms with Gasteiger partial charge in [0.2, 0.25) is 11.8 Å². The van der Waals surface area contributed by atoms with Crippen LogP contribution in [0.3, 0.4) is 0 Å². The van der Waals surface area contributed by atoms with Crippen molar-refractivity contribution in [2.45, 2.75) is 43.6 Å². The second-order valence-corrected chi connectivity index (χ2v) is 7.58. The van der Waals surface area contributed by atoms with Gasteiger partial charge in [0.05, 0.1) is 0 Å². The molecule has 4 heteroatoms. The van der Waals surface area contributed by atoms with Gasteiger partial charge in [-0.3, -0.25) is 9.59 Å². The molecule has 0 radical (unpaired) electrons. The van der Waals surface area contributed by atoms with Crippen LogP contribution in [0.1, 0.15) is 36.0 Å². The van der Waals surface area contributed by atoms with E-state index in [1.165, 1.54) is 11.1 Å². The van der Waals surface area contributed by atoms with Crippen LogP contribution >= 0.6 is 0 Å². The molecule has 0 aromatic heterocycles. The van der Waals surface area contributed by atoms with Gasteiger partial charge < -0.3 is 11.1 Å². The van der Waals surface area contributed by atoms with Crippen molar-refractivity contribution >= 4 is 11.8 Å². The van der Waals surface area contributed by atoms with Gasteiger partial charge in [0.1, 0.15) is 6.04 Å². The Morgan fingerprint density at radius 3 is 2.62 bits per heavy atom. The monoisotopic (exact) mass is 348 g/mol. The van der Waals surface area contributed by atoms with E-state index in [9.17, 15) is 9.59 Å². The van der Waals surface area contributed by atoms with Crippen LogP contribution < -0.4 is 11.1 Å². The van der Waals surface area contributed by atoms with E-state index in [-0.39, 0.29) is 17.2 Å². The second kappa shape index (κ2) is 6.60. The van der Waals surface area contributed by atoms with Crippen LogP contribution in [0.15, 0.2) is 54.6 Å². The largest absolute Gasteiger partial charge is 0.368 e. The van der Waals surface area contributed by atoms with Gasteiger partial charge >= 0.3 is 0 Å². The van der Waals surface area contributed by atoms with Crippen molar-refractivity contribution in [3.05, 3.63) is 71.3 Å². The van der Waals surface area contributed by atoms with E-state index in [1.807, 2.05) is 30.3 Å². The number of hydrogen-bond donors (Lipinski definition) is 2. The van der Waals surface area contributed by atoms with E-state index in [0.29, 0.717) is 6.42 Å². The number of rotatable bonds is 5. The molecule has 1 spiro atoms. The van der Waals surface area contributed by atoms with Crippen molar-refractivity contribution in [1.29, 1.82) is 0 Å². The molecule has 0 aliphatic heterocycles. The van der Waals surface area contributed by atoms with Crippen molar-refractivity contribution in [3.8, 4) is 0 Å². The molecule has 134 valence electrons. The lowest BCUT2D eigenvalue weighted by Crippen LogP contribution is -2.47. The van der Waals surface area contributed by atoms with E-state index in [2.05, 4.69) is 29.6 Å². The number of nitrogens with one attached hydrogen (secondary N) is 1. The van der Waals surface area contributed by atoms with Crippen molar-refractivity contribution in [2.75, 3.05) is 0 Å². The maximum atomic E-state index is 12.9. The standard InChI is InChI=1S/C22H24N2O2/c23-20(25)19(13-15-7-2-1-3-8-15)24-21(26)18-14-22(18)12-6-10-16-9-4-5-11-17(16)22/h1-5,7-9,11,18-19H,6,10,12-14H2,(H2,23,25)(H,24,26)/t18-,19-,22+/m0/s1. The van der Waals surface area contributed by atoms with Gasteiger partial charge in [-0.15, -0.1) is 0 Å². The highest BCUT2D eigenvalue weighted by Gasteiger charge is 2.60. The fraction of sp³-hybridized carbons (Fsp3) is 0.364. The molecule has 2 aliphatic carbocycles. The third-order valence-corrected chi connectivity index (χ3v) is 5.96. The summed E-state index contributed by atoms with van der Waals surface area (Å²) in [6, 6.07) is 17.4. The third kappa shape index (κ3) is 3.00. The molecule has 2 aromatic carbocycles. The smallest absolute Gasteiger partial charge is 0.240 e. The molecule has 1 fully saturated rings. The Labute approximate surface area is 153 Å². The zero-order valence-corrected chi connectivity index (χ0v) is 14.8. The Morgan fingerprint density at radius 2 is 1.85 bits per heavy atom. The summed E-state index contributed by atoms with van der Waals surface area (Å²) in [5.74, 6) is -0.580. The summed E-state index contributed by atoms with van der Waals surface area (Å²) in [6.07, 6.45) is 4.54. The lowest BCUT2D eigenvalue weighted by Gasteiger charge is -2.26. The first-order valence-electron chi connectivity index (χ1n) is 9.32. The number of nitrogens with two attached hydrogens (primary N) is 1. The molecular formula is C22H24N2O2. The molecule has 2 aromatic rings. The van der Waals surface area contributed by atoms with Gasteiger partial charge in [0.25, 0.3) is 0 Å². The molecule has 1 saturated carbocycles. The highest BCUT2D eigenvalue weighted by molar-refractivity contribution is 5.90. The van der Waals surface area contributed by atoms with E-state index < -0.39 is 11.9 Å². The number of fused-ring (bicyclic) bond motifs is 2. The first-order chi connectivity index (χ1) is 12.6. The summed E-state index contributed by atoms with van der Waals surface area (Å²) in [4.78, 5) is 24.7. The number of hydrogen-bond acceptors (Lipinski definition) is 2. The average Bonchev–Trinajstić information content (AvgIpc) is 3.37. The molecule has 4 nitrogen and oxygen atoms in total. The Bertz CT molecular complexity index is 833. The topological polar surface area (TPSA) is 72.2 Å². The lowest BCUT2D eigenvalue weighted by molar-refractivity contribution is -0.128. The first kappa shape index (κ1) is 16.8. The fourth-order valence-electron chi connectivity index (χ4n) is 4.52. The van der Waals surface area contributed by atoms with Gasteiger partial charge in [-0.2, -0.15) is 0 Å². The summed E-state index contributed by atoms with van der Waals surface area (Å²) in [7, 11) is 0. The molecule has 0 bridgehead atoms. The minimum absolute atomic E-state index is 0.0339. The van der Waals surface area contributed by atoms with Crippen LogP contribution in [0.4, 0.5) is 0 Å². The van der Waals surface area contributed by atoms with E-state index in [1.54, 1.807) is 0 Å². The van der Waals surface area contributed by atoms with Crippen molar-refractivity contribution in [1.82, 2.24) is 5.32 Å². The molecule has 0 unspecified atom stereocenters. The van der Waals surface area contributed by atoms with Crippen LogP contribution in [0.25, 0.3) is 0 Å². The Balaban J connectivity index is 1.48. The Kier molecular flexibility index (Phi) is 4.27. The highest BCUT2D eigenvalue weighted by Crippen LogP contribution is 2.60. The van der Waals surface area contributed by atoms with Crippen LogP contribution in [0.5, 0.6) is 0 Å². The van der Waals surface area contributed by atoms with Gasteiger partial charge in [-0.05, 0) is 42.4 Å². The maximum absolute atomic E-state index is 12.9. The highest BCUT2D eigenvalue weighted by atomic mass is 16.2. The Morgan fingerprint density at radius 1 is 1.12 bits per heavy atom. The predicted octanol–water partition coefficient (Wildman–Crippen LogP) is 2.49. The molecule has 26 heavy (non-hydrogen) atoms. The number of carbonyl (C=O) groups is 2. The molecule has 0 saturated heterocycles. The minimum atomic E-state index is -0.665. The molecule has 2 amide bonds. The molecule has 3 N–H and O–H groups in total. The Hall–Kier alpha value is -2.62. The fourth-order valence-corrected chi connectivity index (χ4v) is 4.52. The third-order valence-electron chi connectivity index (χ3n) is 5.96. The number of benzene rings is 2.